The lowest BCUT2D eigenvalue weighted by molar-refractivity contribution is -0.0876. The number of nitrogens with two attached hydrogens (primary N) is 1. The van der Waals surface area contributed by atoms with Crippen molar-refractivity contribution in [3.05, 3.63) is 0 Å². The van der Waals surface area contributed by atoms with E-state index in [0.717, 1.165) is 26.0 Å². The van der Waals surface area contributed by atoms with Gasteiger partial charge in [0.05, 0.1) is 5.60 Å². The van der Waals surface area contributed by atoms with Gasteiger partial charge in [-0.05, 0) is 39.5 Å². The van der Waals surface area contributed by atoms with Crippen LogP contribution in [0.5, 0.6) is 0 Å². The van der Waals surface area contributed by atoms with Gasteiger partial charge in [-0.25, -0.2) is 0 Å². The predicted octanol–water partition coefficient (Wildman–Crippen LogP) is 1.81. The van der Waals surface area contributed by atoms with E-state index < -0.39 is 0 Å². The van der Waals surface area contributed by atoms with Crippen molar-refractivity contribution in [2.75, 3.05) is 13.2 Å². The van der Waals surface area contributed by atoms with Crippen LogP contribution in [0.15, 0.2) is 0 Å². The molecule has 0 amide bonds. The minimum absolute atomic E-state index is 0.0246. The topological polar surface area (TPSA) is 47.3 Å². The first-order valence-corrected chi connectivity index (χ1v) is 6.67. The second-order valence-electron chi connectivity index (χ2n) is 6.15. The average molecular weight is 226 g/mol. The molecule has 3 nitrogen and oxygen atoms in total. The molecule has 1 heterocycles. The maximum atomic E-state index is 6.02. The summed E-state index contributed by atoms with van der Waals surface area (Å²) in [5.74, 6) is 0. The Morgan fingerprint density at radius 1 is 1.31 bits per heavy atom. The highest BCUT2D eigenvalue weighted by Gasteiger charge is 2.41. The highest BCUT2D eigenvalue weighted by molar-refractivity contribution is 4.99. The van der Waals surface area contributed by atoms with Crippen molar-refractivity contribution in [2.24, 2.45) is 5.73 Å². The van der Waals surface area contributed by atoms with Gasteiger partial charge in [0, 0.05) is 24.7 Å². The van der Waals surface area contributed by atoms with E-state index >= 15 is 0 Å². The molecular formula is C13H26N2O. The number of rotatable bonds is 3. The van der Waals surface area contributed by atoms with Gasteiger partial charge in [0.15, 0.2) is 0 Å². The first-order valence-electron chi connectivity index (χ1n) is 6.67. The molecule has 0 bridgehead atoms. The summed E-state index contributed by atoms with van der Waals surface area (Å²) in [5, 5.41) is 3.83. The molecule has 3 N–H and O–H groups in total. The fourth-order valence-corrected chi connectivity index (χ4v) is 3.34. The largest absolute Gasteiger partial charge is 0.375 e. The Morgan fingerprint density at radius 2 is 2.00 bits per heavy atom. The third kappa shape index (κ3) is 2.76. The third-order valence-electron chi connectivity index (χ3n) is 4.09. The van der Waals surface area contributed by atoms with Crippen molar-refractivity contribution < 1.29 is 4.74 Å². The normalized spacial score (nSPS) is 35.4. The summed E-state index contributed by atoms with van der Waals surface area (Å²) in [6.45, 7) is 5.92. The molecule has 0 aromatic heterocycles. The zero-order valence-corrected chi connectivity index (χ0v) is 10.7. The number of hydrogen-bond donors (Lipinski definition) is 2. The summed E-state index contributed by atoms with van der Waals surface area (Å²) in [7, 11) is 0. The summed E-state index contributed by atoms with van der Waals surface area (Å²) >= 11 is 0. The molecule has 2 fully saturated rings. The summed E-state index contributed by atoms with van der Waals surface area (Å²) in [4.78, 5) is 0. The Morgan fingerprint density at radius 3 is 2.56 bits per heavy atom. The smallest absolute Gasteiger partial charge is 0.0644 e. The molecule has 0 spiro atoms. The van der Waals surface area contributed by atoms with Crippen LogP contribution in [0.25, 0.3) is 0 Å². The van der Waals surface area contributed by atoms with Crippen molar-refractivity contribution in [1.82, 2.24) is 5.32 Å². The van der Waals surface area contributed by atoms with Gasteiger partial charge in [0.25, 0.3) is 0 Å². The van der Waals surface area contributed by atoms with Gasteiger partial charge >= 0.3 is 0 Å². The molecule has 94 valence electrons. The van der Waals surface area contributed by atoms with Crippen molar-refractivity contribution in [3.63, 3.8) is 0 Å². The molecule has 1 unspecified atom stereocenters. The lowest BCUT2D eigenvalue weighted by Gasteiger charge is -2.46. The SMILES string of the molecule is CC1(C)CC(CN)(NC2CCCC2)CCO1. The molecule has 1 saturated heterocycles. The van der Waals surface area contributed by atoms with Gasteiger partial charge in [0.1, 0.15) is 0 Å². The van der Waals surface area contributed by atoms with Crippen molar-refractivity contribution in [3.8, 4) is 0 Å². The summed E-state index contributed by atoms with van der Waals surface area (Å²) in [6, 6.07) is 0.692. The van der Waals surface area contributed by atoms with Gasteiger partial charge in [-0.15, -0.1) is 0 Å². The van der Waals surface area contributed by atoms with Crippen LogP contribution in [-0.4, -0.2) is 30.3 Å². The number of hydrogen-bond acceptors (Lipinski definition) is 3. The minimum Gasteiger partial charge on any atom is -0.375 e. The molecule has 1 aliphatic heterocycles. The zero-order valence-electron chi connectivity index (χ0n) is 10.7. The molecule has 16 heavy (non-hydrogen) atoms. The fourth-order valence-electron chi connectivity index (χ4n) is 3.34. The highest BCUT2D eigenvalue weighted by Crippen LogP contribution is 2.33. The second-order valence-corrected chi connectivity index (χ2v) is 6.15. The summed E-state index contributed by atoms with van der Waals surface area (Å²) in [6.07, 6.45) is 7.49. The van der Waals surface area contributed by atoms with Crippen LogP contribution < -0.4 is 11.1 Å². The molecular weight excluding hydrogens is 200 g/mol. The van der Waals surface area contributed by atoms with Crippen molar-refractivity contribution in [1.29, 1.82) is 0 Å². The van der Waals surface area contributed by atoms with Crippen LogP contribution in [0.4, 0.5) is 0 Å². The predicted molar refractivity (Wildman–Crippen MR) is 66.4 cm³/mol. The number of ether oxygens (including phenoxy) is 1. The lowest BCUT2D eigenvalue weighted by Crippen LogP contribution is -2.61. The molecule has 0 radical (unpaired) electrons. The van der Waals surface area contributed by atoms with E-state index in [1.807, 2.05) is 0 Å². The van der Waals surface area contributed by atoms with Crippen LogP contribution in [-0.2, 0) is 4.74 Å². The number of nitrogens with one attached hydrogen (secondary N) is 1. The van der Waals surface area contributed by atoms with Crippen LogP contribution in [0.2, 0.25) is 0 Å². The maximum absolute atomic E-state index is 6.02. The van der Waals surface area contributed by atoms with Crippen LogP contribution in [0.3, 0.4) is 0 Å². The van der Waals surface area contributed by atoms with Crippen molar-refractivity contribution >= 4 is 0 Å². The first kappa shape index (κ1) is 12.3. The Hall–Kier alpha value is -0.120. The molecule has 1 saturated carbocycles. The highest BCUT2D eigenvalue weighted by atomic mass is 16.5. The first-order chi connectivity index (χ1) is 7.55. The molecule has 1 atom stereocenters. The van der Waals surface area contributed by atoms with Crippen LogP contribution in [0, 0.1) is 0 Å². The monoisotopic (exact) mass is 226 g/mol. The minimum atomic E-state index is -0.0246. The van der Waals surface area contributed by atoms with E-state index in [2.05, 4.69) is 19.2 Å². The zero-order chi connectivity index (χ0) is 11.6. The van der Waals surface area contributed by atoms with Crippen LogP contribution in [0.1, 0.15) is 52.4 Å². The Kier molecular flexibility index (Phi) is 3.57. The average Bonchev–Trinajstić information content (AvgIpc) is 2.69. The van der Waals surface area contributed by atoms with E-state index in [1.165, 1.54) is 25.7 Å². The van der Waals surface area contributed by atoms with E-state index in [1.54, 1.807) is 0 Å². The van der Waals surface area contributed by atoms with E-state index in [4.69, 9.17) is 10.5 Å². The van der Waals surface area contributed by atoms with Gasteiger partial charge < -0.3 is 15.8 Å². The van der Waals surface area contributed by atoms with Crippen molar-refractivity contribution in [2.45, 2.75) is 69.6 Å². The third-order valence-corrected chi connectivity index (χ3v) is 4.09. The molecule has 2 rings (SSSR count). The van der Waals surface area contributed by atoms with Gasteiger partial charge in [-0.1, -0.05) is 12.8 Å². The molecule has 2 aliphatic rings. The van der Waals surface area contributed by atoms with Gasteiger partial charge in [0.2, 0.25) is 0 Å². The Bertz CT molecular complexity index is 236. The standard InChI is InChI=1S/C13H26N2O/c1-12(2)9-13(10-14,7-8-16-12)15-11-5-3-4-6-11/h11,15H,3-10,14H2,1-2H3. The molecule has 3 heteroatoms. The van der Waals surface area contributed by atoms with Gasteiger partial charge in [-0.3, -0.25) is 0 Å². The molecule has 1 aliphatic carbocycles. The fraction of sp³-hybridized carbons (Fsp3) is 1.00. The van der Waals surface area contributed by atoms with Crippen LogP contribution >= 0.6 is 0 Å². The summed E-state index contributed by atoms with van der Waals surface area (Å²) < 4.78 is 5.79. The maximum Gasteiger partial charge on any atom is 0.0644 e. The Labute approximate surface area is 99.1 Å². The van der Waals surface area contributed by atoms with E-state index in [-0.39, 0.29) is 11.1 Å². The van der Waals surface area contributed by atoms with E-state index in [9.17, 15) is 0 Å². The van der Waals surface area contributed by atoms with Gasteiger partial charge in [-0.2, -0.15) is 0 Å². The second kappa shape index (κ2) is 4.63. The summed E-state index contributed by atoms with van der Waals surface area (Å²) in [5.41, 5.74) is 6.12. The molecule has 0 aromatic carbocycles. The Balaban J connectivity index is 2.00. The quantitative estimate of drug-likeness (QED) is 0.771. The van der Waals surface area contributed by atoms with E-state index in [0.29, 0.717) is 6.04 Å². The molecule has 0 aromatic rings. The lowest BCUT2D eigenvalue weighted by atomic mass is 9.80.